The number of anilines is 3. The molecule has 29 heavy (non-hydrogen) atoms. The van der Waals surface area contributed by atoms with Gasteiger partial charge < -0.3 is 26.8 Å². The van der Waals surface area contributed by atoms with Gasteiger partial charge in [-0.1, -0.05) is 25.0 Å². The Hall–Kier alpha value is -3.15. The van der Waals surface area contributed by atoms with Gasteiger partial charge in [0.25, 0.3) is 5.91 Å². The standard InChI is InChI=1S/C21H26N6O2/c1-29-12-13-5-4-6-15(9-13)25-21-16(19(24)28)10-14(11-22)20(27-21)26-18-8-3-2-7-17(18)23/h4-6,9-10,17-18H,2-3,7-8,12,23H2,1H3,(H2,24,28)(H2,25,26,27)/t17-,18+/m0/s1. The summed E-state index contributed by atoms with van der Waals surface area (Å²) in [6.07, 6.45) is 4.01. The zero-order valence-electron chi connectivity index (χ0n) is 16.4. The van der Waals surface area contributed by atoms with Crippen LogP contribution in [0.15, 0.2) is 30.3 Å². The van der Waals surface area contributed by atoms with Gasteiger partial charge in [-0.15, -0.1) is 0 Å². The Morgan fingerprint density at radius 3 is 2.79 bits per heavy atom. The Bertz CT molecular complexity index is 924. The number of carbonyl (C=O) groups excluding carboxylic acids is 1. The van der Waals surface area contributed by atoms with Crippen LogP contribution in [0.2, 0.25) is 0 Å². The molecule has 6 N–H and O–H groups in total. The highest BCUT2D eigenvalue weighted by Crippen LogP contribution is 2.27. The zero-order chi connectivity index (χ0) is 20.8. The smallest absolute Gasteiger partial charge is 0.252 e. The van der Waals surface area contributed by atoms with Crippen LogP contribution in [0.5, 0.6) is 0 Å². The van der Waals surface area contributed by atoms with E-state index in [1.165, 1.54) is 6.07 Å². The van der Waals surface area contributed by atoms with Gasteiger partial charge in [0.15, 0.2) is 0 Å². The van der Waals surface area contributed by atoms with E-state index in [1.807, 2.05) is 24.3 Å². The van der Waals surface area contributed by atoms with Gasteiger partial charge in [-0.2, -0.15) is 5.26 Å². The number of hydrogen-bond acceptors (Lipinski definition) is 7. The summed E-state index contributed by atoms with van der Waals surface area (Å²) in [5.74, 6) is 0.0267. The lowest BCUT2D eigenvalue weighted by atomic mass is 9.91. The van der Waals surface area contributed by atoms with Crippen LogP contribution >= 0.6 is 0 Å². The number of pyridine rings is 1. The fourth-order valence-electron chi connectivity index (χ4n) is 3.55. The number of methoxy groups -OCH3 is 1. The third-order valence-electron chi connectivity index (χ3n) is 5.05. The van der Waals surface area contributed by atoms with Gasteiger partial charge in [-0.25, -0.2) is 4.98 Å². The first-order valence-corrected chi connectivity index (χ1v) is 9.63. The summed E-state index contributed by atoms with van der Waals surface area (Å²) in [6.45, 7) is 0.464. The summed E-state index contributed by atoms with van der Waals surface area (Å²) in [5.41, 5.74) is 13.9. The molecule has 3 rings (SSSR count). The number of nitrogens with one attached hydrogen (secondary N) is 2. The molecule has 2 atom stereocenters. The van der Waals surface area contributed by atoms with E-state index in [4.69, 9.17) is 16.2 Å². The molecule has 0 radical (unpaired) electrons. The van der Waals surface area contributed by atoms with Crippen LogP contribution < -0.4 is 22.1 Å². The van der Waals surface area contributed by atoms with Crippen LogP contribution in [0.4, 0.5) is 17.3 Å². The molecule has 0 spiro atoms. The van der Waals surface area contributed by atoms with Crippen LogP contribution in [-0.4, -0.2) is 30.1 Å². The van der Waals surface area contributed by atoms with Crippen LogP contribution in [0, 0.1) is 11.3 Å². The van der Waals surface area contributed by atoms with Crippen molar-refractivity contribution in [3.8, 4) is 6.07 Å². The number of benzene rings is 1. The number of hydrogen-bond donors (Lipinski definition) is 4. The van der Waals surface area contributed by atoms with Gasteiger partial charge in [0.05, 0.1) is 17.7 Å². The zero-order valence-corrected chi connectivity index (χ0v) is 16.4. The summed E-state index contributed by atoms with van der Waals surface area (Å²) in [7, 11) is 1.63. The maximum Gasteiger partial charge on any atom is 0.252 e. The van der Waals surface area contributed by atoms with E-state index >= 15 is 0 Å². The van der Waals surface area contributed by atoms with Crippen molar-refractivity contribution in [3.05, 3.63) is 47.0 Å². The molecule has 0 aliphatic heterocycles. The predicted octanol–water partition coefficient (Wildman–Crippen LogP) is 2.62. The molecule has 1 aliphatic carbocycles. The van der Waals surface area contributed by atoms with E-state index in [0.29, 0.717) is 12.4 Å². The lowest BCUT2D eigenvalue weighted by Crippen LogP contribution is -2.43. The molecular formula is C21H26N6O2. The van der Waals surface area contributed by atoms with E-state index in [2.05, 4.69) is 21.7 Å². The third kappa shape index (κ3) is 5.02. The maximum absolute atomic E-state index is 12.0. The van der Waals surface area contributed by atoms with E-state index in [9.17, 15) is 10.1 Å². The number of rotatable bonds is 7. The fourth-order valence-corrected chi connectivity index (χ4v) is 3.55. The second-order valence-corrected chi connectivity index (χ2v) is 7.21. The summed E-state index contributed by atoms with van der Waals surface area (Å²) in [4.78, 5) is 16.5. The van der Waals surface area contributed by atoms with Crippen LogP contribution in [0.25, 0.3) is 0 Å². The topological polar surface area (TPSA) is 139 Å². The molecule has 1 aliphatic rings. The van der Waals surface area contributed by atoms with Crippen molar-refractivity contribution in [2.45, 2.75) is 44.4 Å². The Morgan fingerprint density at radius 2 is 2.10 bits per heavy atom. The highest BCUT2D eigenvalue weighted by atomic mass is 16.5. The molecular weight excluding hydrogens is 368 g/mol. The molecule has 1 heterocycles. The van der Waals surface area contributed by atoms with E-state index in [-0.39, 0.29) is 29.0 Å². The Balaban J connectivity index is 1.95. The van der Waals surface area contributed by atoms with E-state index < -0.39 is 5.91 Å². The Kier molecular flexibility index (Phi) is 6.65. The number of nitriles is 1. The van der Waals surface area contributed by atoms with Crippen molar-refractivity contribution in [2.75, 3.05) is 17.7 Å². The van der Waals surface area contributed by atoms with E-state index in [1.54, 1.807) is 7.11 Å². The molecule has 0 saturated heterocycles. The van der Waals surface area contributed by atoms with Gasteiger partial charge in [0.1, 0.15) is 17.7 Å². The SMILES string of the molecule is COCc1cccc(Nc2nc(N[C@@H]3CCCC[C@@H]3N)c(C#N)cc2C(N)=O)c1. The minimum atomic E-state index is -0.662. The Morgan fingerprint density at radius 1 is 1.31 bits per heavy atom. The van der Waals surface area contributed by atoms with Crippen molar-refractivity contribution in [2.24, 2.45) is 11.5 Å². The number of amides is 1. The largest absolute Gasteiger partial charge is 0.380 e. The van der Waals surface area contributed by atoms with Crippen molar-refractivity contribution >= 4 is 23.2 Å². The van der Waals surface area contributed by atoms with Gasteiger partial charge in [0.2, 0.25) is 0 Å². The normalized spacial score (nSPS) is 18.7. The number of carbonyl (C=O) groups is 1. The molecule has 1 aromatic carbocycles. The van der Waals surface area contributed by atoms with E-state index in [0.717, 1.165) is 36.9 Å². The number of nitrogens with zero attached hydrogens (tertiary/aromatic N) is 2. The molecule has 0 unspecified atom stereocenters. The highest BCUT2D eigenvalue weighted by Gasteiger charge is 2.24. The fraction of sp³-hybridized carbons (Fsp3) is 0.381. The van der Waals surface area contributed by atoms with Crippen molar-refractivity contribution in [1.82, 2.24) is 4.98 Å². The maximum atomic E-state index is 12.0. The number of primary amides is 1. The monoisotopic (exact) mass is 394 g/mol. The first kappa shape index (κ1) is 20.6. The lowest BCUT2D eigenvalue weighted by Gasteiger charge is -2.30. The molecule has 152 valence electrons. The molecule has 1 aromatic heterocycles. The number of nitrogens with two attached hydrogens (primary N) is 2. The van der Waals surface area contributed by atoms with Crippen LogP contribution in [0.3, 0.4) is 0 Å². The molecule has 8 nitrogen and oxygen atoms in total. The number of ether oxygens (including phenoxy) is 1. The molecule has 1 fully saturated rings. The van der Waals surface area contributed by atoms with Gasteiger partial charge in [-0.05, 0) is 36.6 Å². The third-order valence-corrected chi connectivity index (χ3v) is 5.05. The summed E-state index contributed by atoms with van der Waals surface area (Å²) in [5, 5.41) is 16.0. The van der Waals surface area contributed by atoms with Gasteiger partial charge in [0, 0.05) is 24.9 Å². The minimum Gasteiger partial charge on any atom is -0.380 e. The van der Waals surface area contributed by atoms with Crippen LogP contribution in [-0.2, 0) is 11.3 Å². The quantitative estimate of drug-likeness (QED) is 0.566. The van der Waals surface area contributed by atoms with Gasteiger partial charge >= 0.3 is 0 Å². The second kappa shape index (κ2) is 9.37. The first-order chi connectivity index (χ1) is 14.0. The summed E-state index contributed by atoms with van der Waals surface area (Å²) < 4.78 is 5.16. The second-order valence-electron chi connectivity index (χ2n) is 7.21. The summed E-state index contributed by atoms with van der Waals surface area (Å²) in [6, 6.07) is 11.2. The highest BCUT2D eigenvalue weighted by molar-refractivity contribution is 5.99. The molecule has 2 aromatic rings. The molecule has 1 saturated carbocycles. The minimum absolute atomic E-state index is 0.00459. The lowest BCUT2D eigenvalue weighted by molar-refractivity contribution is 0.100. The van der Waals surface area contributed by atoms with Crippen molar-refractivity contribution in [1.29, 1.82) is 5.26 Å². The first-order valence-electron chi connectivity index (χ1n) is 9.63. The van der Waals surface area contributed by atoms with Crippen LogP contribution in [0.1, 0.15) is 47.2 Å². The Labute approximate surface area is 170 Å². The average molecular weight is 394 g/mol. The summed E-state index contributed by atoms with van der Waals surface area (Å²) >= 11 is 0. The predicted molar refractivity (Wildman–Crippen MR) is 112 cm³/mol. The van der Waals surface area contributed by atoms with Crippen molar-refractivity contribution in [3.63, 3.8) is 0 Å². The van der Waals surface area contributed by atoms with Gasteiger partial charge in [-0.3, -0.25) is 4.79 Å². The van der Waals surface area contributed by atoms with Crippen molar-refractivity contribution < 1.29 is 9.53 Å². The molecule has 0 bridgehead atoms. The number of aromatic nitrogens is 1. The molecule has 1 amide bonds. The molecule has 8 heteroatoms. The average Bonchev–Trinajstić information content (AvgIpc) is 2.70.